The van der Waals surface area contributed by atoms with E-state index in [0.717, 1.165) is 17.7 Å². The summed E-state index contributed by atoms with van der Waals surface area (Å²) in [6.45, 7) is 6.62. The Morgan fingerprint density at radius 1 is 1.34 bits per heavy atom. The van der Waals surface area contributed by atoms with Crippen molar-refractivity contribution in [3.63, 3.8) is 0 Å². The van der Waals surface area contributed by atoms with Crippen LogP contribution in [0.4, 0.5) is 11.4 Å². The fourth-order valence-corrected chi connectivity index (χ4v) is 3.87. The number of carbonyl (C=O) groups is 1. The highest BCUT2D eigenvalue weighted by atomic mass is 35.5. The predicted molar refractivity (Wildman–Crippen MR) is 115 cm³/mol. The number of halogens is 1. The molecule has 1 aliphatic heterocycles. The minimum atomic E-state index is -0.516. The summed E-state index contributed by atoms with van der Waals surface area (Å²) >= 11 is 6.45. The van der Waals surface area contributed by atoms with Crippen molar-refractivity contribution in [2.45, 2.75) is 38.6 Å². The Kier molecular flexibility index (Phi) is 5.61. The quantitative estimate of drug-likeness (QED) is 0.445. The van der Waals surface area contributed by atoms with Gasteiger partial charge in [-0.3, -0.25) is 14.9 Å². The maximum atomic E-state index is 12.2. The van der Waals surface area contributed by atoms with Crippen molar-refractivity contribution in [1.82, 2.24) is 5.43 Å². The summed E-state index contributed by atoms with van der Waals surface area (Å²) < 4.78 is 0. The van der Waals surface area contributed by atoms with Crippen LogP contribution < -0.4 is 10.3 Å². The van der Waals surface area contributed by atoms with E-state index in [1.165, 1.54) is 36.0 Å². The molecule has 2 aromatic rings. The molecule has 0 aromatic heterocycles. The number of hydrogen-bond acceptors (Lipinski definition) is 5. The largest absolute Gasteiger partial charge is 0.369 e. The number of non-ortho nitro benzene ring substituents is 1. The Balaban J connectivity index is 1.77. The lowest BCUT2D eigenvalue weighted by Crippen LogP contribution is -2.45. The van der Waals surface area contributed by atoms with Crippen LogP contribution >= 0.6 is 11.6 Å². The number of hydrogen-bond donors (Lipinski definition) is 1. The van der Waals surface area contributed by atoms with E-state index in [1.807, 2.05) is 12.1 Å². The molecule has 0 unspecified atom stereocenters. The third-order valence-electron chi connectivity index (χ3n) is 5.46. The molecule has 1 aliphatic rings. The number of nitro benzene ring substituents is 1. The SMILES string of the molecule is C[C@H]1CC(C)(C)N(C)c2cc(Cl)c(/C=N\NC(=O)c3ccc([N+](=O)[O-])cc3)cc21. The number of nitrogens with one attached hydrogen (secondary N) is 1. The lowest BCUT2D eigenvalue weighted by atomic mass is 9.80. The van der Waals surface area contributed by atoms with E-state index in [1.54, 1.807) is 0 Å². The second-order valence-electron chi connectivity index (χ2n) is 7.91. The average molecular weight is 415 g/mol. The summed E-state index contributed by atoms with van der Waals surface area (Å²) in [4.78, 5) is 24.6. The van der Waals surface area contributed by atoms with Crippen molar-refractivity contribution >= 4 is 35.1 Å². The lowest BCUT2D eigenvalue weighted by molar-refractivity contribution is -0.384. The first-order valence-electron chi connectivity index (χ1n) is 9.25. The maximum absolute atomic E-state index is 12.2. The van der Waals surface area contributed by atoms with Gasteiger partial charge in [-0.1, -0.05) is 18.5 Å². The first-order chi connectivity index (χ1) is 13.6. The number of nitrogens with zero attached hydrogens (tertiary/aromatic N) is 3. The Morgan fingerprint density at radius 3 is 2.62 bits per heavy atom. The molecule has 7 nitrogen and oxygen atoms in total. The number of anilines is 1. The molecule has 8 heteroatoms. The van der Waals surface area contributed by atoms with Gasteiger partial charge in [-0.25, -0.2) is 5.43 Å². The van der Waals surface area contributed by atoms with Crippen molar-refractivity contribution in [2.75, 3.05) is 11.9 Å². The molecule has 0 fully saturated rings. The molecule has 0 radical (unpaired) electrons. The normalized spacial score (nSPS) is 17.8. The molecule has 0 bridgehead atoms. The molecule has 1 amide bonds. The van der Waals surface area contributed by atoms with Crippen LogP contribution in [0.15, 0.2) is 41.5 Å². The fourth-order valence-electron chi connectivity index (χ4n) is 3.66. The third-order valence-corrected chi connectivity index (χ3v) is 5.79. The summed E-state index contributed by atoms with van der Waals surface area (Å²) in [6.07, 6.45) is 2.53. The van der Waals surface area contributed by atoms with E-state index in [4.69, 9.17) is 11.6 Å². The van der Waals surface area contributed by atoms with Gasteiger partial charge in [-0.15, -0.1) is 0 Å². The van der Waals surface area contributed by atoms with Gasteiger partial charge in [0.15, 0.2) is 0 Å². The highest BCUT2D eigenvalue weighted by molar-refractivity contribution is 6.33. The van der Waals surface area contributed by atoms with Crippen LogP contribution in [-0.4, -0.2) is 29.6 Å². The van der Waals surface area contributed by atoms with E-state index >= 15 is 0 Å². The lowest BCUT2D eigenvalue weighted by Gasteiger charge is -2.45. The molecule has 2 aromatic carbocycles. The van der Waals surface area contributed by atoms with Gasteiger partial charge in [0, 0.05) is 41.5 Å². The molecule has 152 valence electrons. The molecule has 1 atom stereocenters. The number of rotatable bonds is 4. The number of fused-ring (bicyclic) bond motifs is 1. The number of carbonyl (C=O) groups excluding carboxylic acids is 1. The van der Waals surface area contributed by atoms with Gasteiger partial charge in [0.05, 0.1) is 16.2 Å². The second-order valence-corrected chi connectivity index (χ2v) is 8.32. The van der Waals surface area contributed by atoms with Crippen LogP contribution in [0.1, 0.15) is 54.6 Å². The Labute approximate surface area is 174 Å². The predicted octanol–water partition coefficient (Wildman–Crippen LogP) is 4.73. The van der Waals surface area contributed by atoms with Gasteiger partial charge in [0.25, 0.3) is 11.6 Å². The first-order valence-corrected chi connectivity index (χ1v) is 9.63. The van der Waals surface area contributed by atoms with E-state index < -0.39 is 10.8 Å². The number of hydrazone groups is 1. The van der Waals surface area contributed by atoms with Crippen molar-refractivity contribution in [1.29, 1.82) is 0 Å². The van der Waals surface area contributed by atoms with E-state index in [9.17, 15) is 14.9 Å². The number of nitro groups is 1. The van der Waals surface area contributed by atoms with E-state index in [-0.39, 0.29) is 16.8 Å². The molecule has 1 N–H and O–H groups in total. The zero-order valence-electron chi connectivity index (χ0n) is 16.8. The summed E-state index contributed by atoms with van der Waals surface area (Å²) in [7, 11) is 2.07. The Morgan fingerprint density at radius 2 is 2.00 bits per heavy atom. The van der Waals surface area contributed by atoms with E-state index in [0.29, 0.717) is 10.9 Å². The van der Waals surface area contributed by atoms with Crippen LogP contribution in [0.5, 0.6) is 0 Å². The van der Waals surface area contributed by atoms with E-state index in [2.05, 4.69) is 43.2 Å². The zero-order valence-corrected chi connectivity index (χ0v) is 17.5. The van der Waals surface area contributed by atoms with Crippen molar-refractivity contribution in [3.8, 4) is 0 Å². The zero-order chi connectivity index (χ0) is 21.3. The standard InChI is InChI=1S/C21H23ClN4O3/c1-13-11-21(2,3)25(4)19-10-18(22)15(9-17(13)19)12-23-24-20(27)14-5-7-16(8-6-14)26(28)29/h5-10,12-13H,11H2,1-4H3,(H,24,27)/b23-12-/t13-/m0/s1. The van der Waals surface area contributed by atoms with Crippen LogP contribution in [0.25, 0.3) is 0 Å². The third kappa shape index (κ3) is 4.24. The fraction of sp³-hybridized carbons (Fsp3) is 0.333. The molecular formula is C21H23ClN4O3. The van der Waals surface area contributed by atoms with Gasteiger partial charge in [-0.05, 0) is 56.0 Å². The maximum Gasteiger partial charge on any atom is 0.271 e. The minimum Gasteiger partial charge on any atom is -0.369 e. The molecule has 3 rings (SSSR count). The van der Waals surface area contributed by atoms with Crippen LogP contribution in [-0.2, 0) is 0 Å². The molecule has 0 spiro atoms. The van der Waals surface area contributed by atoms with Gasteiger partial charge in [0.1, 0.15) is 0 Å². The molecule has 0 saturated heterocycles. The average Bonchev–Trinajstić information content (AvgIpc) is 2.66. The van der Waals surface area contributed by atoms with Gasteiger partial charge < -0.3 is 4.90 Å². The van der Waals surface area contributed by atoms with Crippen LogP contribution in [0.3, 0.4) is 0 Å². The first kappa shape index (κ1) is 20.8. The van der Waals surface area contributed by atoms with Gasteiger partial charge >= 0.3 is 0 Å². The van der Waals surface area contributed by atoms with Crippen molar-refractivity contribution in [2.24, 2.45) is 5.10 Å². The second kappa shape index (κ2) is 7.83. The number of amides is 1. The minimum absolute atomic E-state index is 0.0457. The van der Waals surface area contributed by atoms with Crippen LogP contribution in [0, 0.1) is 10.1 Å². The topological polar surface area (TPSA) is 87.8 Å². The summed E-state index contributed by atoms with van der Waals surface area (Å²) in [5, 5.41) is 15.2. The molecule has 0 saturated carbocycles. The Bertz CT molecular complexity index is 986. The molecular weight excluding hydrogens is 392 g/mol. The Hall–Kier alpha value is -2.93. The monoisotopic (exact) mass is 414 g/mol. The van der Waals surface area contributed by atoms with Crippen molar-refractivity contribution in [3.05, 3.63) is 68.2 Å². The highest BCUT2D eigenvalue weighted by Gasteiger charge is 2.34. The van der Waals surface area contributed by atoms with Gasteiger partial charge in [0.2, 0.25) is 0 Å². The molecule has 0 aliphatic carbocycles. The van der Waals surface area contributed by atoms with Crippen molar-refractivity contribution < 1.29 is 9.72 Å². The smallest absolute Gasteiger partial charge is 0.271 e. The summed E-state index contributed by atoms with van der Waals surface area (Å²) in [6, 6.07) is 9.27. The van der Waals surface area contributed by atoms with Gasteiger partial charge in [-0.2, -0.15) is 5.10 Å². The number of benzene rings is 2. The molecule has 29 heavy (non-hydrogen) atoms. The highest BCUT2D eigenvalue weighted by Crippen LogP contribution is 2.44. The summed E-state index contributed by atoms with van der Waals surface area (Å²) in [5.74, 6) is -0.0876. The summed E-state index contributed by atoms with van der Waals surface area (Å²) in [5.41, 5.74) is 5.69. The molecule has 1 heterocycles. The van der Waals surface area contributed by atoms with Crippen LogP contribution in [0.2, 0.25) is 5.02 Å².